The summed E-state index contributed by atoms with van der Waals surface area (Å²) in [6.45, 7) is 4.73. The van der Waals surface area contributed by atoms with E-state index < -0.39 is 0 Å². The topological polar surface area (TPSA) is 46.2 Å². The van der Waals surface area contributed by atoms with Gasteiger partial charge in [0.25, 0.3) is 0 Å². The quantitative estimate of drug-likeness (QED) is 0.667. The van der Waals surface area contributed by atoms with Gasteiger partial charge in [0.1, 0.15) is 0 Å². The van der Waals surface area contributed by atoms with Crippen LogP contribution >= 0.6 is 0 Å². The molecule has 1 fully saturated rings. The zero-order valence-electron chi connectivity index (χ0n) is 13.5. The van der Waals surface area contributed by atoms with E-state index >= 15 is 0 Å². The maximum Gasteiger partial charge on any atom is 0.0671 e. The molecule has 0 aromatic rings. The lowest BCUT2D eigenvalue weighted by atomic mass is 9.53. The first kappa shape index (κ1) is 14.0. The van der Waals surface area contributed by atoms with Gasteiger partial charge in [-0.3, -0.25) is 0 Å². The van der Waals surface area contributed by atoms with Crippen LogP contribution in [0, 0.1) is 16.7 Å². The molecule has 5 atom stereocenters. The Labute approximate surface area is 128 Å². The molecule has 2 heteroatoms. The maximum absolute atomic E-state index is 10.8. The summed E-state index contributed by atoms with van der Waals surface area (Å²) < 4.78 is 0. The minimum absolute atomic E-state index is 0.0557. The van der Waals surface area contributed by atoms with E-state index in [0.29, 0.717) is 17.4 Å². The van der Waals surface area contributed by atoms with Gasteiger partial charge in [-0.15, -0.1) is 0 Å². The van der Waals surface area contributed by atoms with Crippen LogP contribution in [0.2, 0.25) is 0 Å². The molecule has 0 saturated heterocycles. The standard InChI is InChI=1S/C19H29NO/c1-18-11-10-15-13(14(18)8-9-16(18)20)7-6-12-4-3-5-17(21)19(12,15)2/h4,14,16-17,21H,3,5-11,20H2,1-2H3/t14-,16-,17?,18-,19-/m0/s1. The summed E-state index contributed by atoms with van der Waals surface area (Å²) in [5, 5.41) is 10.8. The van der Waals surface area contributed by atoms with Gasteiger partial charge < -0.3 is 10.8 Å². The van der Waals surface area contributed by atoms with Crippen LogP contribution in [0.3, 0.4) is 0 Å². The van der Waals surface area contributed by atoms with Crippen LogP contribution in [0.25, 0.3) is 0 Å². The molecule has 1 saturated carbocycles. The lowest BCUT2D eigenvalue weighted by molar-refractivity contribution is 0.0540. The van der Waals surface area contributed by atoms with Gasteiger partial charge in [-0.2, -0.15) is 0 Å². The van der Waals surface area contributed by atoms with E-state index in [0.717, 1.165) is 25.7 Å². The highest BCUT2D eigenvalue weighted by molar-refractivity contribution is 5.43. The summed E-state index contributed by atoms with van der Waals surface area (Å²) in [7, 11) is 0. The summed E-state index contributed by atoms with van der Waals surface area (Å²) in [6.07, 6.45) is 11.4. The van der Waals surface area contributed by atoms with Gasteiger partial charge >= 0.3 is 0 Å². The molecule has 4 aliphatic rings. The maximum atomic E-state index is 10.8. The zero-order chi connectivity index (χ0) is 14.8. The Morgan fingerprint density at radius 1 is 1.14 bits per heavy atom. The van der Waals surface area contributed by atoms with Gasteiger partial charge in [-0.1, -0.05) is 29.7 Å². The van der Waals surface area contributed by atoms with E-state index in [2.05, 4.69) is 19.9 Å². The van der Waals surface area contributed by atoms with Crippen LogP contribution in [0.15, 0.2) is 22.8 Å². The van der Waals surface area contributed by atoms with Gasteiger partial charge in [0.05, 0.1) is 6.10 Å². The van der Waals surface area contributed by atoms with Gasteiger partial charge in [0.2, 0.25) is 0 Å². The number of aliphatic hydroxyl groups excluding tert-OH is 1. The Morgan fingerprint density at radius 2 is 1.95 bits per heavy atom. The Balaban J connectivity index is 1.83. The summed E-state index contributed by atoms with van der Waals surface area (Å²) >= 11 is 0. The van der Waals surface area contributed by atoms with Crippen molar-refractivity contribution in [3.63, 3.8) is 0 Å². The highest BCUT2D eigenvalue weighted by Gasteiger charge is 2.54. The second-order valence-electron chi connectivity index (χ2n) is 8.27. The number of nitrogens with two attached hydrogens (primary N) is 1. The lowest BCUT2D eigenvalue weighted by Crippen LogP contribution is -2.47. The molecule has 0 aliphatic heterocycles. The number of allylic oxidation sites excluding steroid dienone is 2. The molecule has 2 nitrogen and oxygen atoms in total. The monoisotopic (exact) mass is 287 g/mol. The van der Waals surface area contributed by atoms with E-state index in [9.17, 15) is 5.11 Å². The van der Waals surface area contributed by atoms with E-state index in [1.807, 2.05) is 0 Å². The molecular weight excluding hydrogens is 258 g/mol. The first-order valence-electron chi connectivity index (χ1n) is 8.83. The molecule has 3 N–H and O–H groups in total. The Bertz CT molecular complexity index is 534. The molecule has 4 rings (SSSR count). The lowest BCUT2D eigenvalue weighted by Gasteiger charge is -2.52. The fourth-order valence-electron chi connectivity index (χ4n) is 6.04. The third-order valence-corrected chi connectivity index (χ3v) is 7.59. The van der Waals surface area contributed by atoms with E-state index in [1.54, 1.807) is 11.1 Å². The molecule has 0 aromatic carbocycles. The fourth-order valence-corrected chi connectivity index (χ4v) is 6.04. The molecule has 0 amide bonds. The summed E-state index contributed by atoms with van der Waals surface area (Å²) in [5.41, 5.74) is 11.5. The van der Waals surface area contributed by atoms with Crippen molar-refractivity contribution in [2.45, 2.75) is 77.4 Å². The molecule has 116 valence electrons. The summed E-state index contributed by atoms with van der Waals surface area (Å²) in [6, 6.07) is 0.373. The molecule has 1 unspecified atom stereocenters. The van der Waals surface area contributed by atoms with Crippen molar-refractivity contribution >= 4 is 0 Å². The van der Waals surface area contributed by atoms with Gasteiger partial charge in [0.15, 0.2) is 0 Å². The zero-order valence-corrected chi connectivity index (χ0v) is 13.5. The van der Waals surface area contributed by atoms with Crippen molar-refractivity contribution in [3.8, 4) is 0 Å². The van der Waals surface area contributed by atoms with Crippen LogP contribution < -0.4 is 5.73 Å². The highest BCUT2D eigenvalue weighted by Crippen LogP contribution is 2.62. The molecule has 0 spiro atoms. The Morgan fingerprint density at radius 3 is 2.76 bits per heavy atom. The van der Waals surface area contributed by atoms with Crippen LogP contribution in [0.5, 0.6) is 0 Å². The second kappa shape index (κ2) is 4.45. The van der Waals surface area contributed by atoms with Crippen molar-refractivity contribution in [1.29, 1.82) is 0 Å². The average molecular weight is 287 g/mol. The highest BCUT2D eigenvalue weighted by atomic mass is 16.3. The van der Waals surface area contributed by atoms with E-state index in [-0.39, 0.29) is 11.5 Å². The van der Waals surface area contributed by atoms with Crippen molar-refractivity contribution < 1.29 is 5.11 Å². The normalized spacial score (nSPS) is 49.3. The molecule has 0 heterocycles. The number of fused-ring (bicyclic) bond motifs is 4. The second-order valence-corrected chi connectivity index (χ2v) is 8.27. The number of rotatable bonds is 0. The van der Waals surface area contributed by atoms with Crippen molar-refractivity contribution in [3.05, 3.63) is 22.8 Å². The summed E-state index contributed by atoms with van der Waals surface area (Å²) in [4.78, 5) is 0. The molecule has 0 bridgehead atoms. The van der Waals surface area contributed by atoms with Gasteiger partial charge in [0, 0.05) is 11.5 Å². The van der Waals surface area contributed by atoms with Crippen LogP contribution in [-0.2, 0) is 0 Å². The van der Waals surface area contributed by atoms with E-state index in [4.69, 9.17) is 5.73 Å². The molecule has 21 heavy (non-hydrogen) atoms. The van der Waals surface area contributed by atoms with Crippen molar-refractivity contribution in [1.82, 2.24) is 0 Å². The van der Waals surface area contributed by atoms with Gasteiger partial charge in [-0.25, -0.2) is 0 Å². The number of hydrogen-bond acceptors (Lipinski definition) is 2. The first-order valence-corrected chi connectivity index (χ1v) is 8.83. The Hall–Kier alpha value is -0.600. The van der Waals surface area contributed by atoms with Gasteiger partial charge in [-0.05, 0) is 69.6 Å². The minimum atomic E-state index is -0.178. The molecular formula is C19H29NO. The average Bonchev–Trinajstić information content (AvgIpc) is 2.76. The first-order chi connectivity index (χ1) is 9.98. The summed E-state index contributed by atoms with van der Waals surface area (Å²) in [5.74, 6) is 0.684. The van der Waals surface area contributed by atoms with Crippen LogP contribution in [-0.4, -0.2) is 17.3 Å². The van der Waals surface area contributed by atoms with Crippen molar-refractivity contribution in [2.75, 3.05) is 0 Å². The van der Waals surface area contributed by atoms with Crippen LogP contribution in [0.4, 0.5) is 0 Å². The predicted molar refractivity (Wildman–Crippen MR) is 85.7 cm³/mol. The van der Waals surface area contributed by atoms with E-state index in [1.165, 1.54) is 31.3 Å². The fraction of sp³-hybridized carbons (Fsp3) is 0.789. The molecule has 4 aliphatic carbocycles. The molecule has 0 aromatic heterocycles. The number of aliphatic hydroxyl groups is 1. The SMILES string of the molecule is C[C@@]12C(=CCCC1O)CCC1=C2CC[C@]2(C)[C@@H](N)CC[C@@H]12. The Kier molecular flexibility index (Phi) is 2.97. The number of hydrogen-bond donors (Lipinski definition) is 2. The van der Waals surface area contributed by atoms with Crippen molar-refractivity contribution in [2.24, 2.45) is 22.5 Å². The smallest absolute Gasteiger partial charge is 0.0671 e. The third-order valence-electron chi connectivity index (χ3n) is 7.59. The predicted octanol–water partition coefficient (Wildman–Crippen LogP) is 3.70. The van der Waals surface area contributed by atoms with Crippen LogP contribution in [0.1, 0.15) is 65.2 Å². The largest absolute Gasteiger partial charge is 0.392 e. The minimum Gasteiger partial charge on any atom is -0.392 e. The third kappa shape index (κ3) is 1.66. The molecule has 0 radical (unpaired) electrons.